The van der Waals surface area contributed by atoms with Crippen molar-refractivity contribution in [1.29, 1.82) is 0 Å². The van der Waals surface area contributed by atoms with E-state index in [-0.39, 0.29) is 0 Å². The topological polar surface area (TPSA) is 58.9 Å². The second-order valence-corrected chi connectivity index (χ2v) is 8.00. The molecule has 0 spiro atoms. The maximum absolute atomic E-state index is 4.56. The van der Waals surface area contributed by atoms with Crippen LogP contribution in [0.3, 0.4) is 0 Å². The number of aryl methyl sites for hydroxylation is 2. The molecule has 0 aliphatic carbocycles. The van der Waals surface area contributed by atoms with E-state index in [1.54, 1.807) is 17.7 Å². The lowest BCUT2D eigenvalue weighted by molar-refractivity contribution is 0.400. The summed E-state index contributed by atoms with van der Waals surface area (Å²) in [4.78, 5) is 13.8. The molecule has 4 rings (SSSR count). The number of thiophene rings is 1. The molecule has 132 valence electrons. The Bertz CT molecular complexity index is 846. The van der Waals surface area contributed by atoms with E-state index in [1.807, 2.05) is 10.9 Å². The number of anilines is 1. The van der Waals surface area contributed by atoms with Crippen LogP contribution in [-0.2, 0) is 6.54 Å². The van der Waals surface area contributed by atoms with Gasteiger partial charge in [-0.25, -0.2) is 9.97 Å². The van der Waals surface area contributed by atoms with Crippen molar-refractivity contribution >= 4 is 27.4 Å². The minimum absolute atomic E-state index is 0.578. The fourth-order valence-corrected chi connectivity index (χ4v) is 4.33. The molecule has 6 nitrogen and oxygen atoms in total. The number of nitrogens with zero attached hydrogens (tertiary/aromatic N) is 5. The average Bonchev–Trinajstić information content (AvgIpc) is 3.20. The number of hydrogen-bond donors (Lipinski definition) is 1. The molecule has 0 aromatic carbocycles. The summed E-state index contributed by atoms with van der Waals surface area (Å²) in [5.41, 5.74) is 1.22. The average molecular weight is 356 g/mol. The Hall–Kier alpha value is -1.99. The van der Waals surface area contributed by atoms with Crippen LogP contribution in [0.25, 0.3) is 10.2 Å². The Morgan fingerprint density at radius 1 is 1.24 bits per heavy atom. The zero-order chi connectivity index (χ0) is 17.2. The van der Waals surface area contributed by atoms with Gasteiger partial charge < -0.3 is 10.2 Å². The molecule has 0 bridgehead atoms. The molecule has 3 aromatic rings. The first-order valence-electron chi connectivity index (χ1n) is 8.87. The highest BCUT2D eigenvalue weighted by molar-refractivity contribution is 7.18. The van der Waals surface area contributed by atoms with Crippen LogP contribution in [-0.4, -0.2) is 45.4 Å². The van der Waals surface area contributed by atoms with Gasteiger partial charge in [-0.15, -0.1) is 11.3 Å². The van der Waals surface area contributed by atoms with Gasteiger partial charge >= 0.3 is 0 Å². The van der Waals surface area contributed by atoms with Crippen LogP contribution >= 0.6 is 11.3 Å². The molecule has 0 atom stereocenters. The number of nitrogens with one attached hydrogen (secondary N) is 1. The third kappa shape index (κ3) is 3.67. The van der Waals surface area contributed by atoms with Crippen LogP contribution in [0, 0.1) is 13.8 Å². The third-order valence-electron chi connectivity index (χ3n) is 4.76. The van der Waals surface area contributed by atoms with Crippen molar-refractivity contribution in [3.8, 4) is 0 Å². The Balaban J connectivity index is 1.32. The summed E-state index contributed by atoms with van der Waals surface area (Å²) in [6.07, 6.45) is 7.99. The van der Waals surface area contributed by atoms with E-state index in [0.29, 0.717) is 6.04 Å². The van der Waals surface area contributed by atoms with Gasteiger partial charge in [0.25, 0.3) is 0 Å². The van der Waals surface area contributed by atoms with Crippen LogP contribution < -0.4 is 10.2 Å². The Kier molecular flexibility index (Phi) is 4.67. The van der Waals surface area contributed by atoms with Crippen molar-refractivity contribution < 1.29 is 0 Å². The van der Waals surface area contributed by atoms with E-state index in [0.717, 1.165) is 49.7 Å². The maximum atomic E-state index is 4.56. The monoisotopic (exact) mass is 356 g/mol. The van der Waals surface area contributed by atoms with E-state index in [9.17, 15) is 0 Å². The van der Waals surface area contributed by atoms with Crippen molar-refractivity contribution in [3.05, 3.63) is 35.2 Å². The molecule has 0 amide bonds. The quantitative estimate of drug-likeness (QED) is 0.762. The SMILES string of the molecule is Cc1cnn(CCNC2CCN(c3ncnc4sc(C)cc34)CC2)c1. The maximum Gasteiger partial charge on any atom is 0.140 e. The smallest absolute Gasteiger partial charge is 0.140 e. The summed E-state index contributed by atoms with van der Waals surface area (Å²) in [6, 6.07) is 2.79. The van der Waals surface area contributed by atoms with E-state index in [1.165, 1.54) is 15.8 Å². The zero-order valence-corrected chi connectivity index (χ0v) is 15.6. The molecule has 0 radical (unpaired) electrons. The van der Waals surface area contributed by atoms with Crippen molar-refractivity contribution in [3.63, 3.8) is 0 Å². The zero-order valence-electron chi connectivity index (χ0n) is 14.8. The van der Waals surface area contributed by atoms with E-state index in [2.05, 4.69) is 51.4 Å². The fourth-order valence-electron chi connectivity index (χ4n) is 3.48. The lowest BCUT2D eigenvalue weighted by atomic mass is 10.0. The Morgan fingerprint density at radius 3 is 2.84 bits per heavy atom. The molecule has 1 N–H and O–H groups in total. The normalized spacial score (nSPS) is 16.0. The van der Waals surface area contributed by atoms with Crippen molar-refractivity contribution in [2.45, 2.75) is 39.3 Å². The lowest BCUT2D eigenvalue weighted by Crippen LogP contribution is -2.43. The largest absolute Gasteiger partial charge is 0.356 e. The van der Waals surface area contributed by atoms with Gasteiger partial charge in [-0.2, -0.15) is 5.10 Å². The number of aromatic nitrogens is 4. The summed E-state index contributed by atoms with van der Waals surface area (Å²) >= 11 is 1.74. The summed E-state index contributed by atoms with van der Waals surface area (Å²) in [5.74, 6) is 1.10. The third-order valence-corrected chi connectivity index (χ3v) is 5.72. The first-order valence-corrected chi connectivity index (χ1v) is 9.69. The predicted molar refractivity (Wildman–Crippen MR) is 102 cm³/mol. The van der Waals surface area contributed by atoms with Crippen molar-refractivity contribution in [1.82, 2.24) is 25.1 Å². The van der Waals surface area contributed by atoms with Gasteiger partial charge in [0.05, 0.1) is 18.1 Å². The Labute approximate surface area is 151 Å². The summed E-state index contributed by atoms with van der Waals surface area (Å²) in [5, 5.41) is 9.21. The number of rotatable bonds is 5. The van der Waals surface area contributed by atoms with Crippen LogP contribution in [0.2, 0.25) is 0 Å². The molecule has 4 heterocycles. The summed E-state index contributed by atoms with van der Waals surface area (Å²) < 4.78 is 2.01. The van der Waals surface area contributed by atoms with Crippen molar-refractivity contribution in [2.75, 3.05) is 24.5 Å². The molecule has 25 heavy (non-hydrogen) atoms. The predicted octanol–water partition coefficient (Wildman–Crippen LogP) is 2.76. The Morgan fingerprint density at radius 2 is 2.08 bits per heavy atom. The molecular formula is C18H24N6S. The minimum atomic E-state index is 0.578. The second kappa shape index (κ2) is 7.09. The van der Waals surface area contributed by atoms with Crippen LogP contribution in [0.1, 0.15) is 23.3 Å². The second-order valence-electron chi connectivity index (χ2n) is 6.77. The summed E-state index contributed by atoms with van der Waals surface area (Å²) in [7, 11) is 0. The van der Waals surface area contributed by atoms with Gasteiger partial charge in [-0.1, -0.05) is 0 Å². The van der Waals surface area contributed by atoms with Crippen LogP contribution in [0.15, 0.2) is 24.8 Å². The standard InChI is InChI=1S/C18H24N6S/c1-13-10-22-24(11-13)8-5-19-15-3-6-23(7-4-15)17-16-9-14(2)25-18(16)21-12-20-17/h9-12,15,19H,3-8H2,1-2H3. The van der Waals surface area contributed by atoms with E-state index >= 15 is 0 Å². The summed E-state index contributed by atoms with van der Waals surface area (Å²) in [6.45, 7) is 8.18. The highest BCUT2D eigenvalue weighted by atomic mass is 32.1. The molecule has 0 unspecified atom stereocenters. The highest BCUT2D eigenvalue weighted by Crippen LogP contribution is 2.31. The fraction of sp³-hybridized carbons (Fsp3) is 0.500. The number of hydrogen-bond acceptors (Lipinski definition) is 6. The van der Waals surface area contributed by atoms with Gasteiger partial charge in [0, 0.05) is 36.8 Å². The molecule has 1 saturated heterocycles. The van der Waals surface area contributed by atoms with Gasteiger partial charge in [0.15, 0.2) is 0 Å². The molecule has 0 saturated carbocycles. The van der Waals surface area contributed by atoms with E-state index < -0.39 is 0 Å². The molecule has 7 heteroatoms. The van der Waals surface area contributed by atoms with Crippen LogP contribution in [0.5, 0.6) is 0 Å². The molecule has 1 fully saturated rings. The molecular weight excluding hydrogens is 332 g/mol. The first-order chi connectivity index (χ1) is 12.2. The lowest BCUT2D eigenvalue weighted by Gasteiger charge is -2.33. The van der Waals surface area contributed by atoms with Crippen molar-refractivity contribution in [2.24, 2.45) is 0 Å². The molecule has 1 aliphatic heterocycles. The first kappa shape index (κ1) is 16.5. The highest BCUT2D eigenvalue weighted by Gasteiger charge is 2.21. The van der Waals surface area contributed by atoms with Gasteiger partial charge in [0.2, 0.25) is 0 Å². The molecule has 3 aromatic heterocycles. The molecule has 1 aliphatic rings. The number of fused-ring (bicyclic) bond motifs is 1. The van der Waals surface area contributed by atoms with Gasteiger partial charge in [-0.05, 0) is 38.3 Å². The minimum Gasteiger partial charge on any atom is -0.356 e. The van der Waals surface area contributed by atoms with E-state index in [4.69, 9.17) is 0 Å². The van der Waals surface area contributed by atoms with Crippen LogP contribution in [0.4, 0.5) is 5.82 Å². The van der Waals surface area contributed by atoms with Gasteiger partial charge in [-0.3, -0.25) is 4.68 Å². The number of piperidine rings is 1. The van der Waals surface area contributed by atoms with Gasteiger partial charge in [0.1, 0.15) is 17.0 Å².